The Morgan fingerprint density at radius 3 is 2.83 bits per heavy atom. The smallest absolute Gasteiger partial charge is 0.151 e. The normalized spacial score (nSPS) is 9.92. The Bertz CT molecular complexity index is 271. The molecule has 0 N–H and O–H groups in total. The van der Waals surface area contributed by atoms with E-state index in [-0.39, 0.29) is 6.10 Å². The van der Waals surface area contributed by atoms with Gasteiger partial charge in [0, 0.05) is 11.8 Å². The minimum Gasteiger partial charge on any atom is -0.489 e. The second-order valence-electron chi connectivity index (χ2n) is 2.74. The summed E-state index contributed by atoms with van der Waals surface area (Å²) in [6.07, 6.45) is 3.95. The second kappa shape index (κ2) is 3.85. The second-order valence-corrected chi connectivity index (χ2v) is 2.74. The zero-order valence-electron chi connectivity index (χ0n) is 7.15. The molecule has 0 fully saturated rings. The number of carbonyl (C=O) groups excluding carboxylic acids is 1. The van der Waals surface area contributed by atoms with Crippen LogP contribution in [0.1, 0.15) is 24.2 Å². The maximum atomic E-state index is 10.3. The summed E-state index contributed by atoms with van der Waals surface area (Å²) in [7, 11) is 0. The first-order chi connectivity index (χ1) is 5.72. The highest BCUT2D eigenvalue weighted by Crippen LogP contribution is 2.11. The van der Waals surface area contributed by atoms with Crippen molar-refractivity contribution in [1.82, 2.24) is 4.98 Å². The van der Waals surface area contributed by atoms with E-state index < -0.39 is 0 Å². The summed E-state index contributed by atoms with van der Waals surface area (Å²) in [5.74, 6) is 0.634. The SMILES string of the molecule is CC(C)Oc1cncc(C=O)c1. The fourth-order valence-electron chi connectivity index (χ4n) is 0.837. The van der Waals surface area contributed by atoms with Gasteiger partial charge in [0.2, 0.25) is 0 Å². The third-order valence-electron chi connectivity index (χ3n) is 1.24. The van der Waals surface area contributed by atoms with Crippen LogP contribution in [-0.4, -0.2) is 17.4 Å². The number of hydrogen-bond acceptors (Lipinski definition) is 3. The quantitative estimate of drug-likeness (QED) is 0.639. The van der Waals surface area contributed by atoms with Gasteiger partial charge in [-0.25, -0.2) is 0 Å². The van der Waals surface area contributed by atoms with Gasteiger partial charge in [0.05, 0.1) is 12.3 Å². The molecule has 0 aliphatic carbocycles. The molecule has 1 aromatic heterocycles. The van der Waals surface area contributed by atoms with Crippen molar-refractivity contribution < 1.29 is 9.53 Å². The highest BCUT2D eigenvalue weighted by Gasteiger charge is 1.98. The summed E-state index contributed by atoms with van der Waals surface area (Å²) >= 11 is 0. The van der Waals surface area contributed by atoms with Gasteiger partial charge >= 0.3 is 0 Å². The molecule has 0 amide bonds. The van der Waals surface area contributed by atoms with E-state index in [2.05, 4.69) is 4.98 Å². The van der Waals surface area contributed by atoms with Crippen LogP contribution in [0, 0.1) is 0 Å². The van der Waals surface area contributed by atoms with Gasteiger partial charge in [0.1, 0.15) is 5.75 Å². The van der Waals surface area contributed by atoms with Crippen LogP contribution in [-0.2, 0) is 0 Å². The van der Waals surface area contributed by atoms with Crippen molar-refractivity contribution >= 4 is 6.29 Å². The van der Waals surface area contributed by atoms with Crippen molar-refractivity contribution in [3.63, 3.8) is 0 Å². The van der Waals surface area contributed by atoms with Gasteiger partial charge < -0.3 is 4.74 Å². The largest absolute Gasteiger partial charge is 0.489 e. The van der Waals surface area contributed by atoms with Crippen molar-refractivity contribution in [2.24, 2.45) is 0 Å². The molecule has 0 unspecified atom stereocenters. The summed E-state index contributed by atoms with van der Waals surface area (Å²) < 4.78 is 5.34. The maximum absolute atomic E-state index is 10.3. The summed E-state index contributed by atoms with van der Waals surface area (Å²) in [5.41, 5.74) is 0.535. The number of carbonyl (C=O) groups is 1. The average molecular weight is 165 g/mol. The van der Waals surface area contributed by atoms with Crippen molar-refractivity contribution in [2.45, 2.75) is 20.0 Å². The van der Waals surface area contributed by atoms with Crippen molar-refractivity contribution in [3.8, 4) is 5.75 Å². The van der Waals surface area contributed by atoms with Crippen molar-refractivity contribution in [2.75, 3.05) is 0 Å². The molecule has 0 atom stereocenters. The van der Waals surface area contributed by atoms with E-state index in [1.807, 2.05) is 13.8 Å². The fraction of sp³-hybridized carbons (Fsp3) is 0.333. The molecular weight excluding hydrogens is 154 g/mol. The predicted molar refractivity (Wildman–Crippen MR) is 45.4 cm³/mol. The molecule has 0 aromatic carbocycles. The Morgan fingerprint density at radius 2 is 2.25 bits per heavy atom. The van der Waals surface area contributed by atoms with Gasteiger partial charge in [-0.05, 0) is 19.9 Å². The van der Waals surface area contributed by atoms with Crippen LogP contribution in [0.3, 0.4) is 0 Å². The Morgan fingerprint density at radius 1 is 1.50 bits per heavy atom. The molecule has 1 aromatic rings. The monoisotopic (exact) mass is 165 g/mol. The van der Waals surface area contributed by atoms with Crippen LogP contribution in [0.25, 0.3) is 0 Å². The zero-order chi connectivity index (χ0) is 8.97. The van der Waals surface area contributed by atoms with Gasteiger partial charge in [0.15, 0.2) is 6.29 Å². The molecule has 0 radical (unpaired) electrons. The lowest BCUT2D eigenvalue weighted by Gasteiger charge is -2.08. The Labute approximate surface area is 71.4 Å². The standard InChI is InChI=1S/C9H11NO2/c1-7(2)12-9-3-8(6-11)4-10-5-9/h3-7H,1-2H3. The van der Waals surface area contributed by atoms with E-state index in [0.29, 0.717) is 11.3 Å². The Kier molecular flexibility index (Phi) is 2.80. The van der Waals surface area contributed by atoms with Gasteiger partial charge in [-0.1, -0.05) is 0 Å². The summed E-state index contributed by atoms with van der Waals surface area (Å²) in [5, 5.41) is 0. The average Bonchev–Trinajstić information content (AvgIpc) is 2.03. The molecule has 12 heavy (non-hydrogen) atoms. The summed E-state index contributed by atoms with van der Waals surface area (Å²) in [6, 6.07) is 1.67. The molecule has 0 bridgehead atoms. The molecule has 0 saturated carbocycles. The lowest BCUT2D eigenvalue weighted by molar-refractivity contribution is 0.112. The lowest BCUT2D eigenvalue weighted by Crippen LogP contribution is -2.05. The molecule has 3 nitrogen and oxygen atoms in total. The van der Waals surface area contributed by atoms with Gasteiger partial charge in [-0.3, -0.25) is 9.78 Å². The Hall–Kier alpha value is -1.38. The number of nitrogens with zero attached hydrogens (tertiary/aromatic N) is 1. The van der Waals surface area contributed by atoms with Crippen LogP contribution in [0.4, 0.5) is 0 Å². The topological polar surface area (TPSA) is 39.2 Å². The van der Waals surface area contributed by atoms with Crippen LogP contribution in [0.5, 0.6) is 5.75 Å². The molecule has 1 heterocycles. The first-order valence-electron chi connectivity index (χ1n) is 3.79. The van der Waals surface area contributed by atoms with Gasteiger partial charge in [0.25, 0.3) is 0 Å². The number of pyridine rings is 1. The molecular formula is C9H11NO2. The van der Waals surface area contributed by atoms with Crippen LogP contribution >= 0.6 is 0 Å². The van der Waals surface area contributed by atoms with E-state index in [1.54, 1.807) is 12.3 Å². The highest BCUT2D eigenvalue weighted by molar-refractivity contribution is 5.74. The minimum atomic E-state index is 0.105. The Balaban J connectivity index is 2.79. The first-order valence-corrected chi connectivity index (χ1v) is 3.79. The molecule has 0 aliphatic rings. The van der Waals surface area contributed by atoms with Crippen LogP contribution < -0.4 is 4.74 Å². The van der Waals surface area contributed by atoms with Gasteiger partial charge in [-0.15, -0.1) is 0 Å². The maximum Gasteiger partial charge on any atom is 0.151 e. The van der Waals surface area contributed by atoms with E-state index >= 15 is 0 Å². The van der Waals surface area contributed by atoms with E-state index in [1.165, 1.54) is 6.20 Å². The number of rotatable bonds is 3. The van der Waals surface area contributed by atoms with Crippen molar-refractivity contribution in [3.05, 3.63) is 24.0 Å². The van der Waals surface area contributed by atoms with Crippen LogP contribution in [0.15, 0.2) is 18.5 Å². The minimum absolute atomic E-state index is 0.105. The predicted octanol–water partition coefficient (Wildman–Crippen LogP) is 1.68. The molecule has 64 valence electrons. The summed E-state index contributed by atoms with van der Waals surface area (Å²) in [6.45, 7) is 3.85. The third-order valence-corrected chi connectivity index (χ3v) is 1.24. The number of aldehydes is 1. The van der Waals surface area contributed by atoms with Gasteiger partial charge in [-0.2, -0.15) is 0 Å². The molecule has 3 heteroatoms. The highest BCUT2D eigenvalue weighted by atomic mass is 16.5. The summed E-state index contributed by atoms with van der Waals surface area (Å²) in [4.78, 5) is 14.2. The molecule has 1 rings (SSSR count). The molecule has 0 spiro atoms. The van der Waals surface area contributed by atoms with Crippen molar-refractivity contribution in [1.29, 1.82) is 0 Å². The van der Waals surface area contributed by atoms with E-state index in [0.717, 1.165) is 6.29 Å². The third kappa shape index (κ3) is 2.34. The lowest BCUT2D eigenvalue weighted by atomic mass is 10.3. The number of ether oxygens (including phenoxy) is 1. The van der Waals surface area contributed by atoms with Crippen LogP contribution in [0.2, 0.25) is 0 Å². The first kappa shape index (κ1) is 8.71. The number of hydrogen-bond donors (Lipinski definition) is 0. The molecule has 0 saturated heterocycles. The number of aromatic nitrogens is 1. The zero-order valence-corrected chi connectivity index (χ0v) is 7.15. The molecule has 0 aliphatic heterocycles. The fourth-order valence-corrected chi connectivity index (χ4v) is 0.837. The van der Waals surface area contributed by atoms with E-state index in [9.17, 15) is 4.79 Å². The van der Waals surface area contributed by atoms with E-state index in [4.69, 9.17) is 4.74 Å².